The predicted octanol–water partition coefficient (Wildman–Crippen LogP) is 2.88. The van der Waals surface area contributed by atoms with E-state index in [1.807, 2.05) is 25.1 Å². The van der Waals surface area contributed by atoms with Gasteiger partial charge in [0.1, 0.15) is 11.6 Å². The second-order valence-electron chi connectivity index (χ2n) is 4.50. The molecule has 0 aliphatic rings. The average Bonchev–Trinajstić information content (AvgIpc) is 2.82. The van der Waals surface area contributed by atoms with E-state index in [0.29, 0.717) is 18.5 Å². The molecule has 1 unspecified atom stereocenters. The Morgan fingerprint density at radius 1 is 1.24 bits per heavy atom. The molecule has 0 radical (unpaired) electrons. The molecule has 2 nitrogen and oxygen atoms in total. The van der Waals surface area contributed by atoms with Crippen molar-refractivity contribution >= 4 is 0 Å². The average molecular weight is 233 g/mol. The van der Waals surface area contributed by atoms with Crippen LogP contribution in [0.1, 0.15) is 18.2 Å². The van der Waals surface area contributed by atoms with Crippen LogP contribution in [0, 0.1) is 5.82 Å². The van der Waals surface area contributed by atoms with Crippen molar-refractivity contribution in [3.05, 3.63) is 59.8 Å². The molecule has 90 valence electrons. The van der Waals surface area contributed by atoms with Crippen molar-refractivity contribution in [2.24, 2.45) is 5.73 Å². The van der Waals surface area contributed by atoms with Crippen LogP contribution in [0.4, 0.5) is 4.39 Å². The second kappa shape index (κ2) is 4.72. The van der Waals surface area contributed by atoms with Crippen LogP contribution in [0.3, 0.4) is 0 Å². The van der Waals surface area contributed by atoms with E-state index in [4.69, 9.17) is 10.2 Å². The topological polar surface area (TPSA) is 39.2 Å². The molecule has 1 atom stereocenters. The van der Waals surface area contributed by atoms with E-state index in [1.165, 1.54) is 6.07 Å². The third kappa shape index (κ3) is 2.39. The minimum absolute atomic E-state index is 0.216. The lowest BCUT2D eigenvalue weighted by molar-refractivity contribution is 0.398. The van der Waals surface area contributed by atoms with Crippen molar-refractivity contribution in [1.29, 1.82) is 0 Å². The Hall–Kier alpha value is -1.61. The van der Waals surface area contributed by atoms with E-state index in [9.17, 15) is 4.39 Å². The van der Waals surface area contributed by atoms with Crippen molar-refractivity contribution in [2.75, 3.05) is 6.54 Å². The molecular weight excluding hydrogens is 217 g/mol. The molecule has 1 aromatic carbocycles. The van der Waals surface area contributed by atoms with Gasteiger partial charge in [-0.1, -0.05) is 25.1 Å². The molecule has 2 rings (SSSR count). The van der Waals surface area contributed by atoms with Crippen LogP contribution in [-0.2, 0) is 11.8 Å². The first-order chi connectivity index (χ1) is 8.15. The molecule has 17 heavy (non-hydrogen) atoms. The van der Waals surface area contributed by atoms with Crippen LogP contribution < -0.4 is 5.73 Å². The highest BCUT2D eigenvalue weighted by Gasteiger charge is 2.29. The summed E-state index contributed by atoms with van der Waals surface area (Å²) in [7, 11) is 0. The number of hydrogen-bond acceptors (Lipinski definition) is 2. The van der Waals surface area contributed by atoms with Crippen molar-refractivity contribution in [1.82, 2.24) is 0 Å². The van der Waals surface area contributed by atoms with E-state index < -0.39 is 5.41 Å². The zero-order valence-corrected chi connectivity index (χ0v) is 9.82. The lowest BCUT2D eigenvalue weighted by Crippen LogP contribution is -2.35. The van der Waals surface area contributed by atoms with Crippen LogP contribution in [0.15, 0.2) is 47.1 Å². The van der Waals surface area contributed by atoms with Gasteiger partial charge in [-0.15, -0.1) is 0 Å². The van der Waals surface area contributed by atoms with Crippen LogP contribution in [0.5, 0.6) is 0 Å². The Kier molecular flexibility index (Phi) is 3.29. The maximum absolute atomic E-state index is 13.8. The van der Waals surface area contributed by atoms with Gasteiger partial charge < -0.3 is 10.2 Å². The largest absolute Gasteiger partial charge is 0.469 e. The summed E-state index contributed by atoms with van der Waals surface area (Å²) in [5.41, 5.74) is 6.01. The van der Waals surface area contributed by atoms with Gasteiger partial charge >= 0.3 is 0 Å². The van der Waals surface area contributed by atoms with E-state index >= 15 is 0 Å². The lowest BCUT2D eigenvalue weighted by Gasteiger charge is -2.28. The Balaban J connectivity index is 2.34. The minimum Gasteiger partial charge on any atom is -0.469 e. The second-order valence-corrected chi connectivity index (χ2v) is 4.50. The third-order valence-corrected chi connectivity index (χ3v) is 3.12. The molecule has 0 aliphatic heterocycles. The van der Waals surface area contributed by atoms with Gasteiger partial charge in [0.05, 0.1) is 6.26 Å². The van der Waals surface area contributed by atoms with E-state index in [1.54, 1.807) is 18.4 Å². The van der Waals surface area contributed by atoms with Gasteiger partial charge in [-0.05, 0) is 23.8 Å². The minimum atomic E-state index is -0.441. The Bertz CT molecular complexity index is 481. The summed E-state index contributed by atoms with van der Waals surface area (Å²) in [6.07, 6.45) is 2.21. The number of halogens is 1. The van der Waals surface area contributed by atoms with Gasteiger partial charge in [-0.2, -0.15) is 0 Å². The number of rotatable bonds is 4. The molecule has 0 spiro atoms. The highest BCUT2D eigenvalue weighted by molar-refractivity contribution is 5.28. The molecule has 3 heteroatoms. The van der Waals surface area contributed by atoms with Gasteiger partial charge in [0.15, 0.2) is 0 Å². The van der Waals surface area contributed by atoms with Gasteiger partial charge in [0, 0.05) is 18.4 Å². The summed E-state index contributed by atoms with van der Waals surface area (Å²) in [6, 6.07) is 10.5. The first-order valence-electron chi connectivity index (χ1n) is 5.63. The van der Waals surface area contributed by atoms with Crippen LogP contribution in [0.25, 0.3) is 0 Å². The zero-order valence-electron chi connectivity index (χ0n) is 9.82. The maximum atomic E-state index is 13.8. The molecule has 0 saturated carbocycles. The van der Waals surface area contributed by atoms with Crippen LogP contribution >= 0.6 is 0 Å². The summed E-state index contributed by atoms with van der Waals surface area (Å²) >= 11 is 0. The maximum Gasteiger partial charge on any atom is 0.127 e. The van der Waals surface area contributed by atoms with Crippen molar-refractivity contribution in [3.63, 3.8) is 0 Å². The Labute approximate surface area is 100 Å². The lowest BCUT2D eigenvalue weighted by atomic mass is 9.78. The molecule has 2 N–H and O–H groups in total. The fourth-order valence-electron chi connectivity index (χ4n) is 2.03. The molecule has 0 amide bonds. The molecule has 0 saturated heterocycles. The Morgan fingerprint density at radius 3 is 2.59 bits per heavy atom. The standard InChI is InChI=1S/C14H16FNO/c1-14(10-16,9-11-5-4-8-17-11)12-6-2-3-7-13(12)15/h2-8H,9-10,16H2,1H3. The van der Waals surface area contributed by atoms with Crippen molar-refractivity contribution in [3.8, 4) is 0 Å². The number of furan rings is 1. The van der Waals surface area contributed by atoms with Crippen LogP contribution in [-0.4, -0.2) is 6.54 Å². The first-order valence-corrected chi connectivity index (χ1v) is 5.63. The summed E-state index contributed by atoms with van der Waals surface area (Å²) in [6.45, 7) is 2.32. The molecular formula is C14H16FNO. The van der Waals surface area contributed by atoms with E-state index in [2.05, 4.69) is 0 Å². The third-order valence-electron chi connectivity index (χ3n) is 3.12. The predicted molar refractivity (Wildman–Crippen MR) is 65.2 cm³/mol. The highest BCUT2D eigenvalue weighted by atomic mass is 19.1. The monoisotopic (exact) mass is 233 g/mol. The van der Waals surface area contributed by atoms with Gasteiger partial charge in [0.2, 0.25) is 0 Å². The van der Waals surface area contributed by atoms with Crippen LogP contribution in [0.2, 0.25) is 0 Å². The molecule has 1 heterocycles. The number of benzene rings is 1. The van der Waals surface area contributed by atoms with Gasteiger partial charge in [-0.3, -0.25) is 0 Å². The Morgan fingerprint density at radius 2 is 2.00 bits per heavy atom. The fraction of sp³-hybridized carbons (Fsp3) is 0.286. The quantitative estimate of drug-likeness (QED) is 0.882. The van der Waals surface area contributed by atoms with E-state index in [0.717, 1.165) is 5.76 Å². The van der Waals surface area contributed by atoms with Crippen molar-refractivity contribution in [2.45, 2.75) is 18.8 Å². The number of hydrogen-bond donors (Lipinski definition) is 1. The van der Waals surface area contributed by atoms with Crippen molar-refractivity contribution < 1.29 is 8.81 Å². The molecule has 0 fully saturated rings. The molecule has 0 bridgehead atoms. The molecule has 1 aromatic heterocycles. The fourth-order valence-corrected chi connectivity index (χ4v) is 2.03. The summed E-state index contributed by atoms with van der Waals surface area (Å²) < 4.78 is 19.1. The highest BCUT2D eigenvalue weighted by Crippen LogP contribution is 2.29. The molecule has 2 aromatic rings. The van der Waals surface area contributed by atoms with E-state index in [-0.39, 0.29) is 5.82 Å². The summed E-state index contributed by atoms with van der Waals surface area (Å²) in [5, 5.41) is 0. The SMILES string of the molecule is CC(CN)(Cc1ccco1)c1ccccc1F. The summed E-state index contributed by atoms with van der Waals surface area (Å²) in [4.78, 5) is 0. The normalized spacial score (nSPS) is 14.5. The van der Waals surface area contributed by atoms with Gasteiger partial charge in [-0.25, -0.2) is 4.39 Å². The molecule has 0 aliphatic carbocycles. The van der Waals surface area contributed by atoms with Gasteiger partial charge in [0.25, 0.3) is 0 Å². The smallest absolute Gasteiger partial charge is 0.127 e. The zero-order chi connectivity index (χ0) is 12.3. The number of nitrogens with two attached hydrogens (primary N) is 1. The summed E-state index contributed by atoms with van der Waals surface area (Å²) in [5.74, 6) is 0.605. The first kappa shape index (κ1) is 11.9.